The van der Waals surface area contributed by atoms with E-state index in [9.17, 15) is 4.79 Å². The van der Waals surface area contributed by atoms with E-state index in [0.717, 1.165) is 11.3 Å². The van der Waals surface area contributed by atoms with Crippen LogP contribution in [0.4, 0.5) is 0 Å². The van der Waals surface area contributed by atoms with Crippen molar-refractivity contribution in [3.05, 3.63) is 72.3 Å². The lowest BCUT2D eigenvalue weighted by atomic mass is 10.2. The van der Waals surface area contributed by atoms with Gasteiger partial charge in [-0.3, -0.25) is 0 Å². The second-order valence-corrected chi connectivity index (χ2v) is 5.24. The third kappa shape index (κ3) is 5.33. The summed E-state index contributed by atoms with van der Waals surface area (Å²) in [6.45, 7) is 0.414. The number of thioether (sulfide) groups is 1. The second kappa shape index (κ2) is 8.23. The average molecular weight is 284 g/mol. The van der Waals surface area contributed by atoms with Crippen LogP contribution in [-0.4, -0.2) is 18.3 Å². The minimum absolute atomic E-state index is 0.303. The van der Waals surface area contributed by atoms with Gasteiger partial charge in [0.15, 0.2) is 0 Å². The normalized spacial score (nSPS) is 10.6. The Morgan fingerprint density at radius 1 is 1.00 bits per heavy atom. The summed E-state index contributed by atoms with van der Waals surface area (Å²) in [5.41, 5.74) is 0.989. The number of ether oxygens (including phenoxy) is 1. The summed E-state index contributed by atoms with van der Waals surface area (Å²) in [6.07, 6.45) is 3.22. The minimum Gasteiger partial charge on any atom is -0.462 e. The molecule has 0 saturated carbocycles. The third-order valence-electron chi connectivity index (χ3n) is 2.55. The van der Waals surface area contributed by atoms with Gasteiger partial charge in [-0.1, -0.05) is 48.5 Å². The molecular weight excluding hydrogens is 268 g/mol. The monoisotopic (exact) mass is 284 g/mol. The highest BCUT2D eigenvalue weighted by Crippen LogP contribution is 2.16. The van der Waals surface area contributed by atoms with E-state index >= 15 is 0 Å². The summed E-state index contributed by atoms with van der Waals surface area (Å²) in [7, 11) is 0. The van der Waals surface area contributed by atoms with Crippen LogP contribution in [0.2, 0.25) is 0 Å². The summed E-state index contributed by atoms with van der Waals surface area (Å²) in [6, 6.07) is 19.7. The molecule has 0 spiro atoms. The van der Waals surface area contributed by atoms with E-state index in [2.05, 4.69) is 0 Å². The number of hydrogen-bond donors (Lipinski definition) is 0. The van der Waals surface area contributed by atoms with Crippen LogP contribution in [0, 0.1) is 0 Å². The van der Waals surface area contributed by atoms with E-state index in [1.165, 1.54) is 11.0 Å². The van der Waals surface area contributed by atoms with Gasteiger partial charge in [0.05, 0.1) is 0 Å². The van der Waals surface area contributed by atoms with E-state index in [1.807, 2.05) is 60.7 Å². The van der Waals surface area contributed by atoms with Crippen LogP contribution in [0.3, 0.4) is 0 Å². The molecule has 0 saturated heterocycles. The van der Waals surface area contributed by atoms with Crippen LogP contribution in [0.15, 0.2) is 71.6 Å². The van der Waals surface area contributed by atoms with Gasteiger partial charge in [0.2, 0.25) is 0 Å². The van der Waals surface area contributed by atoms with Crippen molar-refractivity contribution >= 4 is 23.8 Å². The summed E-state index contributed by atoms with van der Waals surface area (Å²) in [5.74, 6) is 0.456. The molecule has 3 heteroatoms. The van der Waals surface area contributed by atoms with Gasteiger partial charge in [-0.15, -0.1) is 11.8 Å². The van der Waals surface area contributed by atoms with Gasteiger partial charge in [0.25, 0.3) is 0 Å². The number of esters is 1. The SMILES string of the molecule is O=C(/C=C/c1ccccc1)OCCSc1ccccc1. The highest BCUT2D eigenvalue weighted by Gasteiger charge is 1.98. The van der Waals surface area contributed by atoms with Crippen molar-refractivity contribution in [2.45, 2.75) is 4.90 Å². The Balaban J connectivity index is 1.67. The summed E-state index contributed by atoms with van der Waals surface area (Å²) >= 11 is 1.68. The highest BCUT2D eigenvalue weighted by atomic mass is 32.2. The maximum absolute atomic E-state index is 11.5. The molecule has 2 nitrogen and oxygen atoms in total. The molecule has 0 aromatic heterocycles. The molecule has 0 unspecified atom stereocenters. The van der Waals surface area contributed by atoms with Crippen LogP contribution >= 0.6 is 11.8 Å². The molecule has 0 N–H and O–H groups in total. The molecule has 0 fully saturated rings. The lowest BCUT2D eigenvalue weighted by Gasteiger charge is -2.02. The summed E-state index contributed by atoms with van der Waals surface area (Å²) in [4.78, 5) is 12.7. The van der Waals surface area contributed by atoms with Gasteiger partial charge in [-0.05, 0) is 23.8 Å². The molecule has 0 aliphatic rings. The summed E-state index contributed by atoms with van der Waals surface area (Å²) < 4.78 is 5.14. The number of rotatable bonds is 6. The number of hydrogen-bond acceptors (Lipinski definition) is 3. The molecule has 0 aliphatic carbocycles. The molecule has 2 rings (SSSR count). The van der Waals surface area contributed by atoms with Gasteiger partial charge in [0, 0.05) is 16.7 Å². The maximum Gasteiger partial charge on any atom is 0.330 e. The largest absolute Gasteiger partial charge is 0.462 e. The first-order valence-corrected chi connectivity index (χ1v) is 7.41. The fourth-order valence-electron chi connectivity index (χ4n) is 1.60. The van der Waals surface area contributed by atoms with Gasteiger partial charge in [-0.2, -0.15) is 0 Å². The first kappa shape index (κ1) is 14.4. The quantitative estimate of drug-likeness (QED) is 0.347. The zero-order valence-corrected chi connectivity index (χ0v) is 11.9. The molecule has 102 valence electrons. The van der Waals surface area contributed by atoms with Crippen molar-refractivity contribution in [1.82, 2.24) is 0 Å². The lowest BCUT2D eigenvalue weighted by Crippen LogP contribution is -2.03. The van der Waals surface area contributed by atoms with Crippen molar-refractivity contribution in [2.75, 3.05) is 12.4 Å². The van der Waals surface area contributed by atoms with Crippen LogP contribution in [0.5, 0.6) is 0 Å². The van der Waals surface area contributed by atoms with Gasteiger partial charge < -0.3 is 4.74 Å². The van der Waals surface area contributed by atoms with Crippen LogP contribution < -0.4 is 0 Å². The van der Waals surface area contributed by atoms with Gasteiger partial charge in [0.1, 0.15) is 6.61 Å². The topological polar surface area (TPSA) is 26.3 Å². The molecule has 0 heterocycles. The second-order valence-electron chi connectivity index (χ2n) is 4.07. The van der Waals surface area contributed by atoms with Crippen molar-refractivity contribution in [3.63, 3.8) is 0 Å². The zero-order valence-electron chi connectivity index (χ0n) is 11.1. The van der Waals surface area contributed by atoms with Crippen molar-refractivity contribution in [2.24, 2.45) is 0 Å². The Morgan fingerprint density at radius 2 is 1.65 bits per heavy atom. The van der Waals surface area contributed by atoms with E-state index in [1.54, 1.807) is 17.8 Å². The Labute approximate surface area is 123 Å². The number of carbonyl (C=O) groups is 1. The standard InChI is InChI=1S/C17H16O2S/c18-17(12-11-15-7-3-1-4-8-15)19-13-14-20-16-9-5-2-6-10-16/h1-12H,13-14H2/b12-11+. The molecular formula is C17H16O2S. The lowest BCUT2D eigenvalue weighted by molar-refractivity contribution is -0.137. The number of benzene rings is 2. The maximum atomic E-state index is 11.5. The minimum atomic E-state index is -0.303. The molecule has 2 aromatic carbocycles. The van der Waals surface area contributed by atoms with E-state index in [0.29, 0.717) is 6.61 Å². The first-order chi connectivity index (χ1) is 9.84. The van der Waals surface area contributed by atoms with E-state index in [4.69, 9.17) is 4.74 Å². The van der Waals surface area contributed by atoms with E-state index in [-0.39, 0.29) is 5.97 Å². The smallest absolute Gasteiger partial charge is 0.330 e. The predicted molar refractivity (Wildman–Crippen MR) is 83.6 cm³/mol. The van der Waals surface area contributed by atoms with Crippen LogP contribution in [0.25, 0.3) is 6.08 Å². The molecule has 20 heavy (non-hydrogen) atoms. The molecule has 0 amide bonds. The Morgan fingerprint density at radius 3 is 2.35 bits per heavy atom. The van der Waals surface area contributed by atoms with Crippen LogP contribution in [-0.2, 0) is 9.53 Å². The number of carbonyl (C=O) groups excluding carboxylic acids is 1. The van der Waals surface area contributed by atoms with Crippen molar-refractivity contribution < 1.29 is 9.53 Å². The van der Waals surface area contributed by atoms with E-state index < -0.39 is 0 Å². The highest BCUT2D eigenvalue weighted by molar-refractivity contribution is 7.99. The Kier molecular flexibility index (Phi) is 5.93. The first-order valence-electron chi connectivity index (χ1n) is 6.42. The Hall–Kier alpha value is -2.00. The van der Waals surface area contributed by atoms with Gasteiger partial charge in [-0.25, -0.2) is 4.79 Å². The van der Waals surface area contributed by atoms with Crippen molar-refractivity contribution in [1.29, 1.82) is 0 Å². The average Bonchev–Trinajstić information content (AvgIpc) is 2.52. The zero-order chi connectivity index (χ0) is 14.0. The van der Waals surface area contributed by atoms with Crippen LogP contribution in [0.1, 0.15) is 5.56 Å². The molecule has 0 aliphatic heterocycles. The molecule has 0 radical (unpaired) electrons. The molecule has 0 bridgehead atoms. The van der Waals surface area contributed by atoms with Gasteiger partial charge >= 0.3 is 5.97 Å². The van der Waals surface area contributed by atoms with Crippen molar-refractivity contribution in [3.8, 4) is 0 Å². The summed E-state index contributed by atoms with van der Waals surface area (Å²) in [5, 5.41) is 0. The molecule has 0 atom stereocenters. The predicted octanol–water partition coefficient (Wildman–Crippen LogP) is 4.04. The Bertz CT molecular complexity index is 550. The fraction of sp³-hybridized carbons (Fsp3) is 0.118. The molecule has 2 aromatic rings. The fourth-order valence-corrected chi connectivity index (χ4v) is 2.35. The third-order valence-corrected chi connectivity index (χ3v) is 3.53.